The zero-order chi connectivity index (χ0) is 23.5. The van der Waals surface area contributed by atoms with Gasteiger partial charge in [0.1, 0.15) is 11.6 Å². The number of hydrogen-bond donors (Lipinski definition) is 0. The van der Waals surface area contributed by atoms with Crippen LogP contribution in [0.3, 0.4) is 0 Å². The molecule has 0 heterocycles. The second kappa shape index (κ2) is 13.4. The number of ether oxygens (including phenoxy) is 2. The van der Waals surface area contributed by atoms with Gasteiger partial charge in [0.15, 0.2) is 0 Å². The lowest BCUT2D eigenvalue weighted by Crippen LogP contribution is -2.13. The summed E-state index contributed by atoms with van der Waals surface area (Å²) in [4.78, 5) is 11.8. The number of carbonyl (C=O) groups excluding carboxylic acids is 1. The summed E-state index contributed by atoms with van der Waals surface area (Å²) in [5.41, 5.74) is 2.45. The summed E-state index contributed by atoms with van der Waals surface area (Å²) in [7, 11) is 0. The molecule has 2 aromatic carbocycles. The van der Waals surface area contributed by atoms with Gasteiger partial charge >= 0.3 is 6.16 Å². The maximum atomic E-state index is 15.0. The third kappa shape index (κ3) is 7.87. The highest BCUT2D eigenvalue weighted by Crippen LogP contribution is 2.39. The molecule has 3 rings (SSSR count). The molecule has 3 nitrogen and oxygen atoms in total. The van der Waals surface area contributed by atoms with Gasteiger partial charge in [-0.15, -0.1) is 0 Å². The highest BCUT2D eigenvalue weighted by Gasteiger charge is 2.23. The Morgan fingerprint density at radius 1 is 0.909 bits per heavy atom. The quantitative estimate of drug-likeness (QED) is 0.193. The first-order valence-electron chi connectivity index (χ1n) is 12.8. The molecule has 0 atom stereocenters. The van der Waals surface area contributed by atoms with E-state index in [1.165, 1.54) is 32.1 Å². The number of benzene rings is 2. The van der Waals surface area contributed by atoms with Crippen LogP contribution in [0.2, 0.25) is 0 Å². The average Bonchev–Trinajstić information content (AvgIpc) is 2.83. The Morgan fingerprint density at radius 2 is 1.64 bits per heavy atom. The van der Waals surface area contributed by atoms with Crippen molar-refractivity contribution in [2.75, 3.05) is 6.61 Å². The Hall–Kier alpha value is -2.36. The molecule has 0 unspecified atom stereocenters. The summed E-state index contributed by atoms with van der Waals surface area (Å²) in [5, 5.41) is 0. The number of rotatable bonds is 11. The van der Waals surface area contributed by atoms with Gasteiger partial charge in [-0.1, -0.05) is 76.6 Å². The molecule has 33 heavy (non-hydrogen) atoms. The molecule has 0 bridgehead atoms. The molecule has 0 aromatic heterocycles. The van der Waals surface area contributed by atoms with Gasteiger partial charge in [-0.05, 0) is 73.3 Å². The highest BCUT2D eigenvalue weighted by atomic mass is 19.1. The van der Waals surface area contributed by atoms with E-state index in [4.69, 9.17) is 9.47 Å². The third-order valence-electron chi connectivity index (χ3n) is 6.86. The fourth-order valence-corrected chi connectivity index (χ4v) is 4.81. The normalized spacial score (nSPS) is 18.2. The number of unbranched alkanes of at least 4 members (excludes halogenated alkanes) is 4. The van der Waals surface area contributed by atoms with E-state index in [2.05, 4.69) is 19.9 Å². The van der Waals surface area contributed by atoms with E-state index in [1.807, 2.05) is 6.07 Å². The fourth-order valence-electron chi connectivity index (χ4n) is 4.81. The van der Waals surface area contributed by atoms with E-state index in [0.717, 1.165) is 55.6 Å². The molecule has 4 heteroatoms. The second-order valence-electron chi connectivity index (χ2n) is 9.38. The molecular formula is C29H39FO3. The van der Waals surface area contributed by atoms with Crippen LogP contribution >= 0.6 is 0 Å². The molecule has 0 saturated heterocycles. The lowest BCUT2D eigenvalue weighted by molar-refractivity contribution is 0.0973. The number of hydrogen-bond acceptors (Lipinski definition) is 3. The molecule has 1 aliphatic rings. The van der Waals surface area contributed by atoms with Crippen LogP contribution in [0.15, 0.2) is 42.5 Å². The lowest BCUT2D eigenvalue weighted by Gasteiger charge is -2.29. The molecule has 1 fully saturated rings. The first-order valence-corrected chi connectivity index (χ1v) is 12.8. The van der Waals surface area contributed by atoms with Gasteiger partial charge in [0.05, 0.1) is 6.61 Å². The van der Waals surface area contributed by atoms with Crippen LogP contribution in [-0.2, 0) is 4.74 Å². The largest absolute Gasteiger partial charge is 0.513 e. The summed E-state index contributed by atoms with van der Waals surface area (Å²) in [6.45, 7) is 4.76. The van der Waals surface area contributed by atoms with Gasteiger partial charge in [-0.2, -0.15) is 0 Å². The highest BCUT2D eigenvalue weighted by molar-refractivity contribution is 5.67. The summed E-state index contributed by atoms with van der Waals surface area (Å²) in [6, 6.07) is 12.6. The Kier molecular flexibility index (Phi) is 10.2. The van der Waals surface area contributed by atoms with Gasteiger partial charge in [-0.25, -0.2) is 9.18 Å². The van der Waals surface area contributed by atoms with Crippen LogP contribution in [0.25, 0.3) is 11.1 Å². The lowest BCUT2D eigenvalue weighted by atomic mass is 9.77. The van der Waals surface area contributed by atoms with Crippen molar-refractivity contribution in [1.29, 1.82) is 0 Å². The summed E-state index contributed by atoms with van der Waals surface area (Å²) >= 11 is 0. The Labute approximate surface area is 198 Å². The van der Waals surface area contributed by atoms with E-state index in [0.29, 0.717) is 23.8 Å². The van der Waals surface area contributed by atoms with E-state index in [9.17, 15) is 9.18 Å². The van der Waals surface area contributed by atoms with E-state index >= 15 is 0 Å². The van der Waals surface area contributed by atoms with Gasteiger partial charge in [0, 0.05) is 5.56 Å². The average molecular weight is 455 g/mol. The summed E-state index contributed by atoms with van der Waals surface area (Å²) in [5.74, 6) is 1.52. The van der Waals surface area contributed by atoms with E-state index in [-0.39, 0.29) is 5.82 Å². The fraction of sp³-hybridized carbons (Fsp3) is 0.552. The number of halogens is 1. The zero-order valence-corrected chi connectivity index (χ0v) is 20.3. The van der Waals surface area contributed by atoms with E-state index in [1.54, 1.807) is 30.3 Å². The monoisotopic (exact) mass is 454 g/mol. The Morgan fingerprint density at radius 3 is 2.30 bits per heavy atom. The topological polar surface area (TPSA) is 35.5 Å². The zero-order valence-electron chi connectivity index (χ0n) is 20.3. The second-order valence-corrected chi connectivity index (χ2v) is 9.38. The van der Waals surface area contributed by atoms with Gasteiger partial charge in [-0.3, -0.25) is 0 Å². The minimum absolute atomic E-state index is 0.194. The van der Waals surface area contributed by atoms with Crippen molar-refractivity contribution in [2.24, 2.45) is 5.92 Å². The molecule has 0 aliphatic heterocycles. The van der Waals surface area contributed by atoms with Gasteiger partial charge in [0.2, 0.25) is 0 Å². The molecule has 0 radical (unpaired) electrons. The van der Waals surface area contributed by atoms with Crippen LogP contribution < -0.4 is 4.74 Å². The van der Waals surface area contributed by atoms with Crippen LogP contribution in [0.4, 0.5) is 9.18 Å². The summed E-state index contributed by atoms with van der Waals surface area (Å²) < 4.78 is 25.3. The summed E-state index contributed by atoms with van der Waals surface area (Å²) in [6.07, 6.45) is 12.2. The van der Waals surface area contributed by atoms with Crippen molar-refractivity contribution in [1.82, 2.24) is 0 Å². The van der Waals surface area contributed by atoms with Crippen molar-refractivity contribution >= 4 is 6.16 Å². The molecule has 2 aromatic rings. The predicted molar refractivity (Wildman–Crippen MR) is 132 cm³/mol. The first kappa shape index (κ1) is 25.3. The maximum absolute atomic E-state index is 15.0. The van der Waals surface area contributed by atoms with Crippen LogP contribution in [0, 0.1) is 11.7 Å². The molecule has 1 saturated carbocycles. The Bertz CT molecular complexity index is 854. The van der Waals surface area contributed by atoms with Crippen molar-refractivity contribution < 1.29 is 18.7 Å². The van der Waals surface area contributed by atoms with Crippen molar-refractivity contribution in [3.05, 3.63) is 53.8 Å². The molecule has 1 aliphatic carbocycles. The molecular weight excluding hydrogens is 415 g/mol. The smallest absolute Gasteiger partial charge is 0.434 e. The van der Waals surface area contributed by atoms with Crippen molar-refractivity contribution in [3.63, 3.8) is 0 Å². The SMILES string of the molecule is CCCCCCOC(=O)Oc1ccc(-c2ccc(C3CCC(CCCC)CC3)cc2F)cc1. The molecule has 0 amide bonds. The molecule has 180 valence electrons. The minimum Gasteiger partial charge on any atom is -0.434 e. The number of carbonyl (C=O) groups is 1. The third-order valence-corrected chi connectivity index (χ3v) is 6.86. The van der Waals surface area contributed by atoms with Gasteiger partial charge in [0.25, 0.3) is 0 Å². The van der Waals surface area contributed by atoms with E-state index < -0.39 is 6.16 Å². The van der Waals surface area contributed by atoms with Crippen LogP contribution in [-0.4, -0.2) is 12.8 Å². The van der Waals surface area contributed by atoms with Gasteiger partial charge < -0.3 is 9.47 Å². The van der Waals surface area contributed by atoms with Crippen LogP contribution in [0.5, 0.6) is 5.75 Å². The first-order chi connectivity index (χ1) is 16.1. The molecule has 0 spiro atoms. The predicted octanol–water partition coefficient (Wildman–Crippen LogP) is 9.05. The molecule has 0 N–H and O–H groups in total. The Balaban J connectivity index is 1.52. The van der Waals surface area contributed by atoms with Crippen LogP contribution in [0.1, 0.15) is 96.0 Å². The minimum atomic E-state index is -0.695. The maximum Gasteiger partial charge on any atom is 0.513 e. The van der Waals surface area contributed by atoms with Crippen molar-refractivity contribution in [2.45, 2.75) is 90.4 Å². The van der Waals surface area contributed by atoms with Crippen molar-refractivity contribution in [3.8, 4) is 16.9 Å². The standard InChI is InChI=1S/C29H39FO3/c1-3-5-7-8-20-32-29(31)33-26-17-14-24(15-18-26)27-19-16-25(21-28(27)30)23-12-10-22(11-13-23)9-6-4-2/h14-19,21-23H,3-13,20H2,1-2H3.